The van der Waals surface area contributed by atoms with Crippen molar-refractivity contribution in [1.29, 1.82) is 0 Å². The first kappa shape index (κ1) is 12.8. The predicted octanol–water partition coefficient (Wildman–Crippen LogP) is 3.37. The van der Waals surface area contributed by atoms with Crippen LogP contribution >= 0.6 is 0 Å². The number of hydrogen-bond acceptors (Lipinski definition) is 1. The van der Waals surface area contributed by atoms with Crippen LogP contribution in [0.5, 0.6) is 0 Å². The fourth-order valence-corrected chi connectivity index (χ4v) is 2.28. The van der Waals surface area contributed by atoms with E-state index in [1.54, 1.807) is 0 Å². The van der Waals surface area contributed by atoms with E-state index in [9.17, 15) is 0 Å². The first-order chi connectivity index (χ1) is 8.79. The van der Waals surface area contributed by atoms with E-state index in [-0.39, 0.29) is 0 Å². The van der Waals surface area contributed by atoms with Crippen LogP contribution in [0.25, 0.3) is 0 Å². The van der Waals surface area contributed by atoms with E-state index >= 15 is 0 Å². The van der Waals surface area contributed by atoms with E-state index in [0.717, 1.165) is 12.8 Å². The Balaban J connectivity index is 2.04. The molecule has 0 amide bonds. The summed E-state index contributed by atoms with van der Waals surface area (Å²) in [5, 5.41) is 3.43. The van der Waals surface area contributed by atoms with E-state index in [4.69, 9.17) is 0 Å². The van der Waals surface area contributed by atoms with Crippen LogP contribution in [0.4, 0.5) is 0 Å². The average Bonchev–Trinajstić information content (AvgIpc) is 2.41. The van der Waals surface area contributed by atoms with Gasteiger partial charge in [0.15, 0.2) is 0 Å². The second kappa shape index (κ2) is 6.36. The van der Waals surface area contributed by atoms with Gasteiger partial charge in [-0.1, -0.05) is 54.6 Å². The van der Waals surface area contributed by atoms with Gasteiger partial charge < -0.3 is 5.32 Å². The maximum atomic E-state index is 3.43. The number of benzene rings is 2. The van der Waals surface area contributed by atoms with Gasteiger partial charge in [0.05, 0.1) is 0 Å². The normalized spacial score (nSPS) is 12.3. The molecule has 1 unspecified atom stereocenters. The molecule has 0 fully saturated rings. The van der Waals surface area contributed by atoms with E-state index in [0.29, 0.717) is 6.04 Å². The molecule has 2 aromatic rings. The highest BCUT2D eigenvalue weighted by molar-refractivity contribution is 5.27. The monoisotopic (exact) mass is 239 g/mol. The minimum atomic E-state index is 0.494. The molecule has 0 aromatic heterocycles. The van der Waals surface area contributed by atoms with Crippen molar-refractivity contribution in [3.63, 3.8) is 0 Å². The van der Waals surface area contributed by atoms with Gasteiger partial charge in [0, 0.05) is 6.04 Å². The van der Waals surface area contributed by atoms with Gasteiger partial charge in [-0.25, -0.2) is 0 Å². The number of aryl methyl sites for hydroxylation is 1. The molecule has 1 atom stereocenters. The van der Waals surface area contributed by atoms with Crippen LogP contribution in [0.1, 0.15) is 16.7 Å². The summed E-state index contributed by atoms with van der Waals surface area (Å²) in [6, 6.07) is 19.8. The molecule has 0 spiro atoms. The number of nitrogens with one attached hydrogen (secondary N) is 1. The molecule has 1 nitrogen and oxygen atoms in total. The van der Waals surface area contributed by atoms with Crippen molar-refractivity contribution in [3.8, 4) is 0 Å². The summed E-state index contributed by atoms with van der Waals surface area (Å²) < 4.78 is 0. The summed E-state index contributed by atoms with van der Waals surface area (Å²) in [5.74, 6) is 0. The predicted molar refractivity (Wildman–Crippen MR) is 77.9 cm³/mol. The lowest BCUT2D eigenvalue weighted by Gasteiger charge is -2.17. The number of likely N-dealkylation sites (N-methyl/N-ethyl adjacent to an activating group) is 1. The van der Waals surface area contributed by atoms with Gasteiger partial charge in [-0.15, -0.1) is 0 Å². The molecule has 2 rings (SSSR count). The molecule has 2 aromatic carbocycles. The molecule has 18 heavy (non-hydrogen) atoms. The second-order valence-electron chi connectivity index (χ2n) is 4.81. The van der Waals surface area contributed by atoms with E-state index < -0.39 is 0 Å². The lowest BCUT2D eigenvalue weighted by molar-refractivity contribution is 0.555. The highest BCUT2D eigenvalue weighted by Crippen LogP contribution is 2.12. The Bertz CT molecular complexity index is 476. The molecule has 0 aliphatic carbocycles. The van der Waals surface area contributed by atoms with Gasteiger partial charge >= 0.3 is 0 Å². The Morgan fingerprint density at radius 2 is 1.56 bits per heavy atom. The lowest BCUT2D eigenvalue weighted by atomic mass is 9.96. The number of rotatable bonds is 5. The SMILES string of the molecule is CNC(Cc1ccccc1)Cc1ccccc1C. The number of hydrogen-bond donors (Lipinski definition) is 1. The maximum Gasteiger partial charge on any atom is 0.0145 e. The van der Waals surface area contributed by atoms with E-state index in [2.05, 4.69) is 66.8 Å². The van der Waals surface area contributed by atoms with Gasteiger partial charge in [-0.3, -0.25) is 0 Å². The van der Waals surface area contributed by atoms with Crippen LogP contribution in [0.2, 0.25) is 0 Å². The second-order valence-corrected chi connectivity index (χ2v) is 4.81. The largest absolute Gasteiger partial charge is 0.316 e. The summed E-state index contributed by atoms with van der Waals surface area (Å²) in [6.07, 6.45) is 2.16. The van der Waals surface area contributed by atoms with Crippen molar-refractivity contribution in [3.05, 3.63) is 71.3 Å². The third-order valence-electron chi connectivity index (χ3n) is 3.46. The molecule has 1 heteroatoms. The van der Waals surface area contributed by atoms with Crippen molar-refractivity contribution in [2.45, 2.75) is 25.8 Å². The standard InChI is InChI=1S/C17H21N/c1-14-8-6-7-11-16(14)13-17(18-2)12-15-9-4-3-5-10-15/h3-11,17-18H,12-13H2,1-2H3. The molecule has 0 radical (unpaired) electrons. The molecule has 0 aliphatic rings. The molecular weight excluding hydrogens is 218 g/mol. The van der Waals surface area contributed by atoms with Crippen LogP contribution in [0, 0.1) is 6.92 Å². The van der Waals surface area contributed by atoms with Gasteiger partial charge in [0.1, 0.15) is 0 Å². The molecule has 0 saturated carbocycles. The van der Waals surface area contributed by atoms with Gasteiger partial charge in [-0.2, -0.15) is 0 Å². The summed E-state index contributed by atoms with van der Waals surface area (Å²) in [5.41, 5.74) is 4.21. The Morgan fingerprint density at radius 3 is 2.22 bits per heavy atom. The van der Waals surface area contributed by atoms with Gasteiger partial charge in [0.2, 0.25) is 0 Å². The van der Waals surface area contributed by atoms with E-state index in [1.165, 1.54) is 16.7 Å². The first-order valence-electron chi connectivity index (χ1n) is 6.55. The van der Waals surface area contributed by atoms with Gasteiger partial charge in [-0.05, 0) is 43.5 Å². The summed E-state index contributed by atoms with van der Waals surface area (Å²) >= 11 is 0. The zero-order chi connectivity index (χ0) is 12.8. The van der Waals surface area contributed by atoms with Crippen molar-refractivity contribution in [1.82, 2.24) is 5.32 Å². The van der Waals surface area contributed by atoms with Crippen LogP contribution in [-0.2, 0) is 12.8 Å². The molecule has 0 aliphatic heterocycles. The van der Waals surface area contributed by atoms with Crippen LogP contribution in [0.3, 0.4) is 0 Å². The van der Waals surface area contributed by atoms with Gasteiger partial charge in [0.25, 0.3) is 0 Å². The van der Waals surface area contributed by atoms with E-state index in [1.807, 2.05) is 7.05 Å². The molecule has 0 saturated heterocycles. The molecule has 1 N–H and O–H groups in total. The fraction of sp³-hybridized carbons (Fsp3) is 0.294. The smallest absolute Gasteiger partial charge is 0.0145 e. The van der Waals surface area contributed by atoms with Crippen LogP contribution in [-0.4, -0.2) is 13.1 Å². The average molecular weight is 239 g/mol. The van der Waals surface area contributed by atoms with Crippen molar-refractivity contribution < 1.29 is 0 Å². The molecular formula is C17H21N. The van der Waals surface area contributed by atoms with Crippen LogP contribution < -0.4 is 5.32 Å². The minimum absolute atomic E-state index is 0.494. The molecule has 0 heterocycles. The zero-order valence-corrected chi connectivity index (χ0v) is 11.2. The first-order valence-corrected chi connectivity index (χ1v) is 6.55. The minimum Gasteiger partial charge on any atom is -0.316 e. The van der Waals surface area contributed by atoms with Crippen molar-refractivity contribution >= 4 is 0 Å². The third-order valence-corrected chi connectivity index (χ3v) is 3.46. The van der Waals surface area contributed by atoms with Crippen LogP contribution in [0.15, 0.2) is 54.6 Å². The highest BCUT2D eigenvalue weighted by Gasteiger charge is 2.09. The Labute approximate surface area is 110 Å². The quantitative estimate of drug-likeness (QED) is 0.843. The topological polar surface area (TPSA) is 12.0 Å². The lowest BCUT2D eigenvalue weighted by Crippen LogP contribution is -2.30. The fourth-order valence-electron chi connectivity index (χ4n) is 2.28. The molecule has 94 valence electrons. The highest BCUT2D eigenvalue weighted by atomic mass is 14.9. The Morgan fingerprint density at radius 1 is 0.889 bits per heavy atom. The molecule has 0 bridgehead atoms. The zero-order valence-electron chi connectivity index (χ0n) is 11.2. The third kappa shape index (κ3) is 3.44. The summed E-state index contributed by atoms with van der Waals surface area (Å²) in [4.78, 5) is 0. The maximum absolute atomic E-state index is 3.43. The van der Waals surface area contributed by atoms with Crippen molar-refractivity contribution in [2.75, 3.05) is 7.05 Å². The Hall–Kier alpha value is -1.60. The summed E-state index contributed by atoms with van der Waals surface area (Å²) in [7, 11) is 2.05. The summed E-state index contributed by atoms with van der Waals surface area (Å²) in [6.45, 7) is 2.19. The Kier molecular flexibility index (Phi) is 4.54. The van der Waals surface area contributed by atoms with Crippen molar-refractivity contribution in [2.24, 2.45) is 0 Å².